The first kappa shape index (κ1) is 22.5. The van der Waals surface area contributed by atoms with E-state index in [0.717, 1.165) is 24.1 Å². The number of quaternary nitrogens is 1. The topological polar surface area (TPSA) is 83.1 Å². The van der Waals surface area contributed by atoms with Crippen molar-refractivity contribution in [2.75, 3.05) is 25.0 Å². The van der Waals surface area contributed by atoms with Crippen LogP contribution in [0.3, 0.4) is 0 Å². The Morgan fingerprint density at radius 2 is 1.73 bits per heavy atom. The van der Waals surface area contributed by atoms with Gasteiger partial charge in [-0.1, -0.05) is 32.0 Å². The van der Waals surface area contributed by atoms with E-state index < -0.39 is 10.0 Å². The molecule has 3 N–H and O–H groups in total. The fraction of sp³-hybridized carbons (Fsp3) is 0.435. The number of nitrogens with zero attached hydrogens (tertiary/aromatic N) is 1. The van der Waals surface area contributed by atoms with Gasteiger partial charge < -0.3 is 10.6 Å². The molecular weight excluding hydrogens is 398 g/mol. The molecule has 1 aliphatic rings. The molecule has 2 aromatic carbocycles. The summed E-state index contributed by atoms with van der Waals surface area (Å²) in [5, 5.41) is 4.93. The zero-order valence-electron chi connectivity index (χ0n) is 18.0. The highest BCUT2D eigenvalue weighted by Gasteiger charge is 2.22. The number of anilines is 1. The van der Waals surface area contributed by atoms with Crippen molar-refractivity contribution in [3.05, 3.63) is 59.2 Å². The number of hydrogen-bond donors (Lipinski definition) is 2. The highest BCUT2D eigenvalue weighted by atomic mass is 32.2. The lowest BCUT2D eigenvalue weighted by Crippen LogP contribution is -2.86. The van der Waals surface area contributed by atoms with Crippen LogP contribution in [0.25, 0.3) is 0 Å². The number of hydrogen-bond acceptors (Lipinski definition) is 3. The second-order valence-corrected chi connectivity index (χ2v) is 9.71. The molecule has 2 aromatic rings. The Hall–Kier alpha value is -2.22. The molecule has 30 heavy (non-hydrogen) atoms. The van der Waals surface area contributed by atoms with Gasteiger partial charge in [0.05, 0.1) is 4.90 Å². The van der Waals surface area contributed by atoms with E-state index >= 15 is 0 Å². The lowest BCUT2D eigenvalue weighted by atomic mass is 10.1. The van der Waals surface area contributed by atoms with Crippen LogP contribution in [0.4, 0.5) is 5.69 Å². The number of rotatable bonds is 9. The second-order valence-electron chi connectivity index (χ2n) is 7.77. The molecule has 0 aliphatic heterocycles. The number of carbonyl (C=O) groups excluding carboxylic acids is 1. The monoisotopic (exact) mass is 430 g/mol. The predicted molar refractivity (Wildman–Crippen MR) is 119 cm³/mol. The third-order valence-corrected chi connectivity index (χ3v) is 7.85. The minimum Gasteiger partial charge on any atom is -0.333 e. The van der Waals surface area contributed by atoms with E-state index in [1.165, 1.54) is 21.9 Å². The Morgan fingerprint density at radius 1 is 1.07 bits per heavy atom. The van der Waals surface area contributed by atoms with Gasteiger partial charge in [-0.15, -0.1) is 0 Å². The lowest BCUT2D eigenvalue weighted by Gasteiger charge is -2.19. The van der Waals surface area contributed by atoms with E-state index in [1.807, 2.05) is 44.3 Å². The Balaban J connectivity index is 1.55. The summed E-state index contributed by atoms with van der Waals surface area (Å²) in [4.78, 5) is 12.7. The minimum atomic E-state index is -3.45. The fourth-order valence-corrected chi connectivity index (χ4v) is 5.40. The molecule has 0 bridgehead atoms. The molecule has 0 radical (unpaired) electrons. The van der Waals surface area contributed by atoms with Gasteiger partial charge >= 0.3 is 0 Å². The SMILES string of the molecule is CCN(CC)S(=O)(=O)c1ccc([C@H](C)[NH2+]CC(=O)Nc2ccc3c(c2)CCC3)cc1. The molecule has 6 nitrogen and oxygen atoms in total. The highest BCUT2D eigenvalue weighted by molar-refractivity contribution is 7.89. The minimum absolute atomic E-state index is 0.0412. The van der Waals surface area contributed by atoms with Crippen molar-refractivity contribution in [3.63, 3.8) is 0 Å². The van der Waals surface area contributed by atoms with Crippen molar-refractivity contribution in [3.8, 4) is 0 Å². The summed E-state index contributed by atoms with van der Waals surface area (Å²) in [6.07, 6.45) is 3.40. The van der Waals surface area contributed by atoms with Gasteiger partial charge in [0.2, 0.25) is 10.0 Å². The second kappa shape index (κ2) is 9.73. The molecule has 0 heterocycles. The zero-order valence-corrected chi connectivity index (χ0v) is 18.8. The first-order valence-corrected chi connectivity index (χ1v) is 12.1. The van der Waals surface area contributed by atoms with Crippen LogP contribution in [0.15, 0.2) is 47.4 Å². The maximum Gasteiger partial charge on any atom is 0.279 e. The van der Waals surface area contributed by atoms with E-state index in [0.29, 0.717) is 24.5 Å². The summed E-state index contributed by atoms with van der Waals surface area (Å²) in [5.41, 5.74) is 4.57. The molecule has 1 amide bonds. The van der Waals surface area contributed by atoms with Crippen LogP contribution in [0, 0.1) is 0 Å². The Labute approximate surface area is 179 Å². The Bertz CT molecular complexity index is 983. The van der Waals surface area contributed by atoms with E-state index in [4.69, 9.17) is 0 Å². The van der Waals surface area contributed by atoms with Crippen molar-refractivity contribution in [2.45, 2.75) is 51.0 Å². The van der Waals surface area contributed by atoms with Gasteiger partial charge in [-0.25, -0.2) is 8.42 Å². The molecule has 162 valence electrons. The average molecular weight is 431 g/mol. The lowest BCUT2D eigenvalue weighted by molar-refractivity contribution is -0.682. The number of carbonyl (C=O) groups is 1. The third-order valence-electron chi connectivity index (χ3n) is 5.79. The quantitative estimate of drug-likeness (QED) is 0.641. The fourth-order valence-electron chi connectivity index (χ4n) is 3.94. The molecule has 1 atom stereocenters. The van der Waals surface area contributed by atoms with Gasteiger partial charge in [-0.2, -0.15) is 4.31 Å². The normalized spacial score (nSPS) is 14.5. The molecular formula is C23H32N3O3S+. The van der Waals surface area contributed by atoms with Crippen molar-refractivity contribution in [1.82, 2.24) is 4.31 Å². The number of nitrogens with one attached hydrogen (secondary N) is 1. The molecule has 0 saturated heterocycles. The average Bonchev–Trinajstić information content (AvgIpc) is 3.20. The molecule has 0 spiro atoms. The van der Waals surface area contributed by atoms with Crippen LogP contribution in [0.1, 0.15) is 49.9 Å². The van der Waals surface area contributed by atoms with Crippen LogP contribution in [0.5, 0.6) is 0 Å². The van der Waals surface area contributed by atoms with Crippen LogP contribution in [-0.4, -0.2) is 38.3 Å². The number of benzene rings is 2. The number of aryl methyl sites for hydroxylation is 2. The first-order valence-electron chi connectivity index (χ1n) is 10.7. The molecule has 7 heteroatoms. The Kier molecular flexibility index (Phi) is 7.28. The molecule has 0 saturated carbocycles. The standard InChI is InChI=1S/C23H31N3O3S/c1-4-26(5-2)30(28,29)22-13-10-18(11-14-22)17(3)24-16-23(27)25-21-12-9-19-7-6-8-20(19)15-21/h9-15,17,24H,4-8,16H2,1-3H3,(H,25,27)/p+1/t17-/m0/s1. The maximum absolute atomic E-state index is 12.6. The summed E-state index contributed by atoms with van der Waals surface area (Å²) in [6, 6.07) is 13.2. The summed E-state index contributed by atoms with van der Waals surface area (Å²) in [6.45, 7) is 6.88. The van der Waals surface area contributed by atoms with Crippen molar-refractivity contribution >= 4 is 21.6 Å². The molecule has 1 aliphatic carbocycles. The third kappa shape index (κ3) is 5.09. The van der Waals surface area contributed by atoms with E-state index in [2.05, 4.69) is 17.4 Å². The van der Waals surface area contributed by atoms with Gasteiger partial charge in [0.15, 0.2) is 6.54 Å². The highest BCUT2D eigenvalue weighted by Crippen LogP contribution is 2.24. The number of amides is 1. The van der Waals surface area contributed by atoms with Crippen molar-refractivity contribution in [2.24, 2.45) is 0 Å². The summed E-state index contributed by atoms with van der Waals surface area (Å²) < 4.78 is 26.6. The predicted octanol–water partition coefficient (Wildman–Crippen LogP) is 2.47. The van der Waals surface area contributed by atoms with Crippen molar-refractivity contribution < 1.29 is 18.5 Å². The number of fused-ring (bicyclic) bond motifs is 1. The number of nitrogens with two attached hydrogens (primary N) is 1. The summed E-state index contributed by atoms with van der Waals surface area (Å²) >= 11 is 0. The van der Waals surface area contributed by atoms with Gasteiger partial charge in [0.25, 0.3) is 5.91 Å². The first-order chi connectivity index (χ1) is 14.3. The summed E-state index contributed by atoms with van der Waals surface area (Å²) in [7, 11) is -3.45. The van der Waals surface area contributed by atoms with Crippen LogP contribution >= 0.6 is 0 Å². The van der Waals surface area contributed by atoms with Crippen LogP contribution in [0.2, 0.25) is 0 Å². The summed E-state index contributed by atoms with van der Waals surface area (Å²) in [5.74, 6) is -0.0412. The van der Waals surface area contributed by atoms with Gasteiger partial charge in [-0.05, 0) is 61.6 Å². The van der Waals surface area contributed by atoms with Gasteiger partial charge in [-0.3, -0.25) is 4.79 Å². The van der Waals surface area contributed by atoms with Crippen LogP contribution < -0.4 is 10.6 Å². The number of sulfonamides is 1. The Morgan fingerprint density at radius 3 is 2.40 bits per heavy atom. The van der Waals surface area contributed by atoms with E-state index in [1.54, 1.807) is 12.1 Å². The zero-order chi connectivity index (χ0) is 21.7. The largest absolute Gasteiger partial charge is 0.333 e. The van der Waals surface area contributed by atoms with E-state index in [-0.39, 0.29) is 11.9 Å². The van der Waals surface area contributed by atoms with Gasteiger partial charge in [0, 0.05) is 24.3 Å². The smallest absolute Gasteiger partial charge is 0.279 e. The molecule has 3 rings (SSSR count). The van der Waals surface area contributed by atoms with Crippen molar-refractivity contribution in [1.29, 1.82) is 0 Å². The molecule has 0 fully saturated rings. The molecule has 0 unspecified atom stereocenters. The maximum atomic E-state index is 12.6. The molecule has 0 aromatic heterocycles. The van der Waals surface area contributed by atoms with Crippen LogP contribution in [-0.2, 0) is 27.7 Å². The van der Waals surface area contributed by atoms with Gasteiger partial charge in [0.1, 0.15) is 6.04 Å². The van der Waals surface area contributed by atoms with E-state index in [9.17, 15) is 13.2 Å².